The summed E-state index contributed by atoms with van der Waals surface area (Å²) in [6, 6.07) is 8.74. The molecule has 2 aliphatic rings. The molecule has 2 aliphatic carbocycles. The van der Waals surface area contributed by atoms with E-state index in [-0.39, 0.29) is 5.41 Å². The summed E-state index contributed by atoms with van der Waals surface area (Å²) in [6.45, 7) is 0.797. The van der Waals surface area contributed by atoms with Crippen LogP contribution in [0.1, 0.15) is 44.1 Å². The van der Waals surface area contributed by atoms with Gasteiger partial charge in [-0.1, -0.05) is 40.9 Å². The minimum absolute atomic E-state index is 0.272. The van der Waals surface area contributed by atoms with E-state index in [1.54, 1.807) is 0 Å². The zero-order valence-corrected chi connectivity index (χ0v) is 11.8. The number of nitrogens with two attached hydrogens (primary N) is 1. The zero-order chi connectivity index (χ0) is 11.9. The second-order valence-corrected chi connectivity index (χ2v) is 6.97. The van der Waals surface area contributed by atoms with E-state index < -0.39 is 0 Å². The van der Waals surface area contributed by atoms with Gasteiger partial charge in [0.2, 0.25) is 0 Å². The first kappa shape index (κ1) is 11.7. The molecule has 1 spiro atoms. The molecule has 0 atom stereocenters. The van der Waals surface area contributed by atoms with E-state index in [0.29, 0.717) is 5.41 Å². The Morgan fingerprint density at radius 1 is 1.18 bits per heavy atom. The molecule has 0 saturated heterocycles. The third kappa shape index (κ3) is 1.86. The van der Waals surface area contributed by atoms with Crippen LogP contribution in [-0.4, -0.2) is 6.54 Å². The van der Waals surface area contributed by atoms with Crippen molar-refractivity contribution < 1.29 is 0 Å². The van der Waals surface area contributed by atoms with E-state index in [4.69, 9.17) is 5.73 Å². The third-order valence-electron chi connectivity index (χ3n) is 4.92. The third-order valence-corrected chi connectivity index (χ3v) is 5.41. The van der Waals surface area contributed by atoms with Crippen LogP contribution in [0.4, 0.5) is 0 Å². The van der Waals surface area contributed by atoms with E-state index in [1.807, 2.05) is 0 Å². The lowest BCUT2D eigenvalue weighted by atomic mass is 9.50. The van der Waals surface area contributed by atoms with Gasteiger partial charge in [-0.05, 0) is 48.8 Å². The summed E-state index contributed by atoms with van der Waals surface area (Å²) in [7, 11) is 0. The maximum absolute atomic E-state index is 6.09. The van der Waals surface area contributed by atoms with Gasteiger partial charge >= 0.3 is 0 Å². The van der Waals surface area contributed by atoms with Gasteiger partial charge in [0.15, 0.2) is 0 Å². The predicted molar refractivity (Wildman–Crippen MR) is 75.0 cm³/mol. The molecule has 0 bridgehead atoms. The topological polar surface area (TPSA) is 26.0 Å². The van der Waals surface area contributed by atoms with E-state index in [9.17, 15) is 0 Å². The lowest BCUT2D eigenvalue weighted by molar-refractivity contribution is 0.0328. The minimum atomic E-state index is 0.272. The average molecular weight is 294 g/mol. The van der Waals surface area contributed by atoms with Gasteiger partial charge in [0.05, 0.1) is 0 Å². The first-order valence-electron chi connectivity index (χ1n) is 6.64. The molecule has 2 heteroatoms. The normalized spacial score (nSPS) is 24.8. The molecular formula is C15H20BrN. The fourth-order valence-electron chi connectivity index (χ4n) is 4.15. The fraction of sp³-hybridized carbons (Fsp3) is 0.600. The first-order chi connectivity index (χ1) is 8.18. The van der Waals surface area contributed by atoms with Crippen molar-refractivity contribution in [1.29, 1.82) is 0 Å². The van der Waals surface area contributed by atoms with Gasteiger partial charge in [0, 0.05) is 16.4 Å². The molecule has 92 valence electrons. The second kappa shape index (κ2) is 4.10. The van der Waals surface area contributed by atoms with Crippen molar-refractivity contribution in [3.05, 3.63) is 34.3 Å². The molecule has 0 aliphatic heterocycles. The van der Waals surface area contributed by atoms with Crippen molar-refractivity contribution in [1.82, 2.24) is 0 Å². The molecule has 0 aromatic heterocycles. The quantitative estimate of drug-likeness (QED) is 0.876. The van der Waals surface area contributed by atoms with Crippen molar-refractivity contribution in [2.24, 2.45) is 11.1 Å². The number of hydrogen-bond donors (Lipinski definition) is 1. The summed E-state index contributed by atoms with van der Waals surface area (Å²) in [5.41, 5.74) is 8.45. The lowest BCUT2D eigenvalue weighted by Gasteiger charge is -2.55. The Bertz CT molecular complexity index is 413. The number of halogens is 1. The highest BCUT2D eigenvalue weighted by Gasteiger charge is 2.54. The van der Waals surface area contributed by atoms with Gasteiger partial charge in [0.25, 0.3) is 0 Å². The summed E-state index contributed by atoms with van der Waals surface area (Å²) < 4.78 is 1.18. The van der Waals surface area contributed by atoms with E-state index in [2.05, 4.69) is 40.2 Å². The highest BCUT2D eigenvalue weighted by Crippen LogP contribution is 2.62. The van der Waals surface area contributed by atoms with Crippen LogP contribution < -0.4 is 5.73 Å². The summed E-state index contributed by atoms with van der Waals surface area (Å²) in [4.78, 5) is 0. The Morgan fingerprint density at radius 2 is 1.88 bits per heavy atom. The molecule has 2 saturated carbocycles. The molecule has 0 heterocycles. The maximum atomic E-state index is 6.09. The van der Waals surface area contributed by atoms with Crippen LogP contribution >= 0.6 is 15.9 Å². The Balaban J connectivity index is 1.85. The van der Waals surface area contributed by atoms with Crippen LogP contribution in [0, 0.1) is 5.41 Å². The van der Waals surface area contributed by atoms with Gasteiger partial charge in [0.1, 0.15) is 0 Å². The fourth-order valence-corrected chi connectivity index (χ4v) is 4.55. The highest BCUT2D eigenvalue weighted by atomic mass is 79.9. The van der Waals surface area contributed by atoms with Crippen LogP contribution in [0.15, 0.2) is 28.7 Å². The van der Waals surface area contributed by atoms with Crippen molar-refractivity contribution in [3.63, 3.8) is 0 Å². The van der Waals surface area contributed by atoms with Crippen molar-refractivity contribution in [2.45, 2.75) is 43.9 Å². The molecule has 0 radical (unpaired) electrons. The maximum Gasteiger partial charge on any atom is 0.0178 e. The number of benzene rings is 1. The van der Waals surface area contributed by atoms with E-state index >= 15 is 0 Å². The molecule has 0 amide bonds. The van der Waals surface area contributed by atoms with Gasteiger partial charge in [-0.25, -0.2) is 0 Å². The Hall–Kier alpha value is -0.340. The van der Waals surface area contributed by atoms with Crippen LogP contribution in [0.2, 0.25) is 0 Å². The standard InChI is InChI=1S/C15H20BrN/c16-13-5-3-4-12(8-13)15(11-17)9-14(10-15)6-1-2-7-14/h3-5,8H,1-2,6-7,9-11,17H2. The van der Waals surface area contributed by atoms with Gasteiger partial charge in [-0.15, -0.1) is 0 Å². The van der Waals surface area contributed by atoms with Crippen molar-refractivity contribution in [2.75, 3.05) is 6.54 Å². The Labute approximate surface area is 112 Å². The van der Waals surface area contributed by atoms with Gasteiger partial charge < -0.3 is 5.73 Å². The molecule has 2 N–H and O–H groups in total. The first-order valence-corrected chi connectivity index (χ1v) is 7.44. The molecule has 1 aromatic carbocycles. The van der Waals surface area contributed by atoms with Crippen LogP contribution in [0.25, 0.3) is 0 Å². The molecule has 1 aromatic rings. The van der Waals surface area contributed by atoms with Crippen LogP contribution in [0.5, 0.6) is 0 Å². The largest absolute Gasteiger partial charge is 0.330 e. The molecule has 0 unspecified atom stereocenters. The summed E-state index contributed by atoms with van der Waals surface area (Å²) >= 11 is 3.57. The summed E-state index contributed by atoms with van der Waals surface area (Å²) in [5.74, 6) is 0. The van der Waals surface area contributed by atoms with E-state index in [1.165, 1.54) is 48.6 Å². The van der Waals surface area contributed by atoms with E-state index in [0.717, 1.165) is 6.54 Å². The number of hydrogen-bond acceptors (Lipinski definition) is 1. The highest BCUT2D eigenvalue weighted by molar-refractivity contribution is 9.10. The molecule has 17 heavy (non-hydrogen) atoms. The lowest BCUT2D eigenvalue weighted by Crippen LogP contribution is -2.52. The average Bonchev–Trinajstić information content (AvgIpc) is 2.75. The predicted octanol–water partition coefficient (Wildman–Crippen LogP) is 4.00. The number of rotatable bonds is 2. The SMILES string of the molecule is NCC1(c2cccc(Br)c2)CC2(CCCC2)C1. The smallest absolute Gasteiger partial charge is 0.0178 e. The van der Waals surface area contributed by atoms with Crippen LogP contribution in [-0.2, 0) is 5.41 Å². The monoisotopic (exact) mass is 293 g/mol. The van der Waals surface area contributed by atoms with Gasteiger partial charge in [-0.3, -0.25) is 0 Å². The molecule has 3 rings (SSSR count). The molecule has 2 fully saturated rings. The van der Waals surface area contributed by atoms with Gasteiger partial charge in [-0.2, -0.15) is 0 Å². The second-order valence-electron chi connectivity index (χ2n) is 6.06. The minimum Gasteiger partial charge on any atom is -0.330 e. The Morgan fingerprint density at radius 3 is 2.47 bits per heavy atom. The summed E-state index contributed by atoms with van der Waals surface area (Å²) in [5, 5.41) is 0. The summed E-state index contributed by atoms with van der Waals surface area (Å²) in [6.07, 6.45) is 8.35. The van der Waals surface area contributed by atoms with Crippen molar-refractivity contribution >= 4 is 15.9 Å². The Kier molecular flexibility index (Phi) is 2.83. The zero-order valence-electron chi connectivity index (χ0n) is 10.2. The van der Waals surface area contributed by atoms with Crippen LogP contribution in [0.3, 0.4) is 0 Å². The van der Waals surface area contributed by atoms with Crippen molar-refractivity contribution in [3.8, 4) is 0 Å². The molecule has 1 nitrogen and oxygen atoms in total. The molecular weight excluding hydrogens is 274 g/mol.